The predicted molar refractivity (Wildman–Crippen MR) is 152 cm³/mol. The lowest BCUT2D eigenvalue weighted by atomic mass is 9.84. The Kier molecular flexibility index (Phi) is 6.74. The second-order valence-electron chi connectivity index (χ2n) is 8.93. The number of benzene rings is 3. The number of nitrogens with zero attached hydrogens (tertiary/aromatic N) is 3. The van der Waals surface area contributed by atoms with Crippen molar-refractivity contribution in [2.75, 3.05) is 12.4 Å². The molecule has 6 nitrogen and oxygen atoms in total. The van der Waals surface area contributed by atoms with Gasteiger partial charge in [-0.15, -0.1) is 11.8 Å². The van der Waals surface area contributed by atoms with Gasteiger partial charge in [0.05, 0.1) is 34.6 Å². The van der Waals surface area contributed by atoms with E-state index in [4.69, 9.17) is 9.84 Å². The first kappa shape index (κ1) is 24.5. The fourth-order valence-corrected chi connectivity index (χ4v) is 7.60. The van der Waals surface area contributed by atoms with Crippen molar-refractivity contribution < 1.29 is 9.53 Å². The summed E-state index contributed by atoms with van der Waals surface area (Å²) in [5.41, 5.74) is 4.39. The van der Waals surface area contributed by atoms with Gasteiger partial charge in [0.1, 0.15) is 0 Å². The van der Waals surface area contributed by atoms with Gasteiger partial charge in [-0.2, -0.15) is 5.10 Å². The zero-order valence-electron chi connectivity index (χ0n) is 20.7. The van der Waals surface area contributed by atoms with Crippen molar-refractivity contribution in [3.63, 3.8) is 0 Å². The number of carbonyl (C=O) groups is 1. The quantitative estimate of drug-likeness (QED) is 0.242. The van der Waals surface area contributed by atoms with Gasteiger partial charge < -0.3 is 4.74 Å². The summed E-state index contributed by atoms with van der Waals surface area (Å²) in [6.45, 7) is 2.12. The standard InChI is InChI=1S/C30H25N3O3S2/c1-2-36-29(34)24-19-37-28-27(38-30(35)33(28)22-16-10-5-11-17-22)25(24)23-18-32(21-14-8-4-9-15-21)31-26(23)20-12-6-3-7-13-20/h3-18,24-25H,2,19H2,1H3. The Bertz CT molecular complexity index is 1630. The Labute approximate surface area is 228 Å². The van der Waals surface area contributed by atoms with Gasteiger partial charge in [0, 0.05) is 33.9 Å². The van der Waals surface area contributed by atoms with Gasteiger partial charge in [-0.3, -0.25) is 14.2 Å². The maximum absolute atomic E-state index is 13.4. The van der Waals surface area contributed by atoms with Crippen LogP contribution in [0, 0.1) is 5.92 Å². The van der Waals surface area contributed by atoms with Crippen LogP contribution in [0.25, 0.3) is 22.6 Å². The van der Waals surface area contributed by atoms with Crippen molar-refractivity contribution in [3.8, 4) is 22.6 Å². The Hall–Kier alpha value is -3.88. The highest BCUT2D eigenvalue weighted by molar-refractivity contribution is 7.99. The van der Waals surface area contributed by atoms with Gasteiger partial charge in [-0.25, -0.2) is 4.68 Å². The normalized spacial score (nSPS) is 16.7. The molecule has 3 heterocycles. The summed E-state index contributed by atoms with van der Waals surface area (Å²) < 4.78 is 9.17. The van der Waals surface area contributed by atoms with Gasteiger partial charge in [0.15, 0.2) is 0 Å². The van der Waals surface area contributed by atoms with Gasteiger partial charge in [-0.05, 0) is 31.2 Å². The van der Waals surface area contributed by atoms with E-state index in [1.54, 1.807) is 16.3 Å². The fraction of sp³-hybridized carbons (Fsp3) is 0.167. The minimum Gasteiger partial charge on any atom is -0.466 e. The van der Waals surface area contributed by atoms with Crippen molar-refractivity contribution in [2.45, 2.75) is 17.9 Å². The van der Waals surface area contributed by atoms with Crippen LogP contribution in [0.1, 0.15) is 23.3 Å². The topological polar surface area (TPSA) is 66.1 Å². The maximum Gasteiger partial charge on any atom is 0.312 e. The lowest BCUT2D eigenvalue weighted by Gasteiger charge is -2.30. The first-order valence-electron chi connectivity index (χ1n) is 12.5. The summed E-state index contributed by atoms with van der Waals surface area (Å²) in [5, 5.41) is 5.88. The number of thiazole rings is 1. The molecule has 0 amide bonds. The van der Waals surface area contributed by atoms with Gasteiger partial charge >= 0.3 is 10.8 Å². The third-order valence-corrected chi connectivity index (χ3v) is 8.98. The smallest absolute Gasteiger partial charge is 0.312 e. The van der Waals surface area contributed by atoms with Gasteiger partial charge in [0.25, 0.3) is 0 Å². The molecule has 0 spiro atoms. The van der Waals surface area contributed by atoms with E-state index in [2.05, 4.69) is 0 Å². The number of esters is 1. The lowest BCUT2D eigenvalue weighted by Crippen LogP contribution is -2.30. The van der Waals surface area contributed by atoms with Gasteiger partial charge in [-0.1, -0.05) is 78.1 Å². The summed E-state index contributed by atoms with van der Waals surface area (Å²) in [6.07, 6.45) is 2.01. The molecule has 8 heteroatoms. The Morgan fingerprint density at radius 1 is 0.947 bits per heavy atom. The van der Waals surface area contributed by atoms with Crippen molar-refractivity contribution in [1.29, 1.82) is 0 Å². The number of hydrogen-bond acceptors (Lipinski definition) is 6. The minimum atomic E-state index is -0.453. The molecule has 2 aromatic heterocycles. The summed E-state index contributed by atoms with van der Waals surface area (Å²) in [4.78, 5) is 27.5. The monoisotopic (exact) mass is 539 g/mol. The molecule has 0 aliphatic carbocycles. The summed E-state index contributed by atoms with van der Waals surface area (Å²) >= 11 is 2.75. The SMILES string of the molecule is CCOC(=O)C1CSc2c(sc(=O)n2-c2ccccc2)C1c1cn(-c2ccccc2)nc1-c1ccccc1. The molecule has 0 bridgehead atoms. The molecule has 0 saturated carbocycles. The molecule has 38 heavy (non-hydrogen) atoms. The molecule has 5 aromatic rings. The fourth-order valence-electron chi connectivity index (χ4n) is 4.92. The highest BCUT2D eigenvalue weighted by Gasteiger charge is 2.42. The molecule has 190 valence electrons. The van der Waals surface area contributed by atoms with E-state index in [1.807, 2.05) is 109 Å². The van der Waals surface area contributed by atoms with Crippen molar-refractivity contribution >= 4 is 29.1 Å². The third-order valence-electron chi connectivity index (χ3n) is 6.63. The van der Waals surface area contributed by atoms with Gasteiger partial charge in [0.2, 0.25) is 0 Å². The molecular weight excluding hydrogens is 514 g/mol. The van der Waals surface area contributed by atoms with Crippen molar-refractivity contribution in [2.24, 2.45) is 5.92 Å². The van der Waals surface area contributed by atoms with Crippen LogP contribution in [0.4, 0.5) is 0 Å². The van der Waals surface area contributed by atoms with Crippen LogP contribution in [0.5, 0.6) is 0 Å². The van der Waals surface area contributed by atoms with E-state index >= 15 is 0 Å². The second-order valence-corrected chi connectivity index (χ2v) is 10.9. The molecule has 2 atom stereocenters. The van der Waals surface area contributed by atoms with Crippen molar-refractivity contribution in [1.82, 2.24) is 14.3 Å². The van der Waals surface area contributed by atoms with E-state index in [0.717, 1.165) is 38.1 Å². The third kappa shape index (κ3) is 4.40. The van der Waals surface area contributed by atoms with Crippen LogP contribution in [0.3, 0.4) is 0 Å². The van der Waals surface area contributed by atoms with E-state index < -0.39 is 5.92 Å². The number of ether oxygens (including phenoxy) is 1. The number of rotatable bonds is 6. The largest absolute Gasteiger partial charge is 0.466 e. The average Bonchev–Trinajstić information content (AvgIpc) is 3.55. The molecule has 0 radical (unpaired) electrons. The van der Waals surface area contributed by atoms with E-state index in [0.29, 0.717) is 12.4 Å². The van der Waals surface area contributed by atoms with Crippen LogP contribution >= 0.6 is 23.1 Å². The number of thioether (sulfide) groups is 1. The van der Waals surface area contributed by atoms with Crippen molar-refractivity contribution in [3.05, 3.63) is 117 Å². The minimum absolute atomic E-state index is 0.0695. The lowest BCUT2D eigenvalue weighted by molar-refractivity contribution is -0.147. The molecule has 0 saturated heterocycles. The zero-order chi connectivity index (χ0) is 26.1. The van der Waals surface area contributed by atoms with E-state index in [9.17, 15) is 9.59 Å². The highest BCUT2D eigenvalue weighted by Crippen LogP contribution is 2.49. The van der Waals surface area contributed by atoms with Crippen LogP contribution in [0.2, 0.25) is 0 Å². The number of carbonyl (C=O) groups excluding carboxylic acids is 1. The Morgan fingerprint density at radius 3 is 2.24 bits per heavy atom. The summed E-state index contributed by atoms with van der Waals surface area (Å²) in [7, 11) is 0. The van der Waals surface area contributed by atoms with Crippen LogP contribution in [-0.2, 0) is 9.53 Å². The average molecular weight is 540 g/mol. The molecule has 1 aliphatic rings. The molecule has 1 aliphatic heterocycles. The number of para-hydroxylation sites is 2. The molecule has 3 aromatic carbocycles. The highest BCUT2D eigenvalue weighted by atomic mass is 32.2. The number of fused-ring (bicyclic) bond motifs is 1. The molecule has 2 unspecified atom stereocenters. The first-order chi connectivity index (χ1) is 18.7. The number of aromatic nitrogens is 3. The van der Waals surface area contributed by atoms with E-state index in [1.165, 1.54) is 11.3 Å². The first-order valence-corrected chi connectivity index (χ1v) is 14.3. The summed E-state index contributed by atoms with van der Waals surface area (Å²) in [5.74, 6) is -0.579. The zero-order valence-corrected chi connectivity index (χ0v) is 22.3. The molecule has 6 rings (SSSR count). The molecule has 0 fully saturated rings. The Balaban J connectivity index is 1.59. The molecule has 0 N–H and O–H groups in total. The number of hydrogen-bond donors (Lipinski definition) is 0. The molecular formula is C30H25N3O3S2. The summed E-state index contributed by atoms with van der Waals surface area (Å²) in [6, 6.07) is 29.6. The predicted octanol–water partition coefficient (Wildman–Crippen LogP) is 6.17. The Morgan fingerprint density at radius 2 is 1.58 bits per heavy atom. The van der Waals surface area contributed by atoms with Crippen LogP contribution in [-0.4, -0.2) is 32.7 Å². The van der Waals surface area contributed by atoms with Crippen LogP contribution in [0.15, 0.2) is 107 Å². The van der Waals surface area contributed by atoms with Crippen LogP contribution < -0.4 is 4.87 Å². The van der Waals surface area contributed by atoms with E-state index in [-0.39, 0.29) is 16.8 Å². The maximum atomic E-state index is 13.4. The second kappa shape index (κ2) is 10.5.